The molecule has 0 aliphatic rings. The Labute approximate surface area is 67.8 Å². The Morgan fingerprint density at radius 2 is 2.09 bits per heavy atom. The highest BCUT2D eigenvalue weighted by Gasteiger charge is 2.21. The maximum Gasteiger partial charge on any atom is 0.405 e. The lowest BCUT2D eigenvalue weighted by atomic mass is 10.4. The topological polar surface area (TPSA) is 49.8 Å². The van der Waals surface area contributed by atoms with Gasteiger partial charge in [0.05, 0.1) is 6.61 Å². The SMILES string of the molecule is CCCCOP(=O)(O)N(C)C. The fraction of sp³-hybridized carbons (Fsp3) is 1.00. The van der Waals surface area contributed by atoms with Crippen molar-refractivity contribution < 1.29 is 14.0 Å². The molecule has 0 radical (unpaired) electrons. The zero-order valence-electron chi connectivity index (χ0n) is 7.28. The van der Waals surface area contributed by atoms with Crippen LogP contribution in [0, 0.1) is 0 Å². The molecule has 0 bridgehead atoms. The van der Waals surface area contributed by atoms with Gasteiger partial charge in [-0.05, 0) is 20.5 Å². The third-order valence-corrected chi connectivity index (χ3v) is 2.79. The predicted octanol–water partition coefficient (Wildman–Crippen LogP) is 1.47. The maximum absolute atomic E-state index is 11.0. The number of unbranched alkanes of at least 4 members (excludes halogenated alkanes) is 1. The summed E-state index contributed by atoms with van der Waals surface area (Å²) in [6.45, 7) is 2.35. The van der Waals surface area contributed by atoms with E-state index in [1.807, 2.05) is 6.92 Å². The number of rotatable bonds is 5. The largest absolute Gasteiger partial charge is 0.405 e. The molecule has 0 amide bonds. The van der Waals surface area contributed by atoms with Crippen LogP contribution in [0.3, 0.4) is 0 Å². The molecule has 11 heavy (non-hydrogen) atoms. The molecule has 0 aromatic rings. The number of hydrogen-bond donors (Lipinski definition) is 1. The third-order valence-electron chi connectivity index (χ3n) is 1.26. The van der Waals surface area contributed by atoms with E-state index < -0.39 is 7.75 Å². The number of nitrogens with zero attached hydrogens (tertiary/aromatic N) is 1. The Morgan fingerprint density at radius 3 is 2.45 bits per heavy atom. The second-order valence-electron chi connectivity index (χ2n) is 2.52. The second-order valence-corrected chi connectivity index (χ2v) is 4.56. The molecule has 0 heterocycles. The Hall–Kier alpha value is 0.110. The minimum atomic E-state index is -3.46. The summed E-state index contributed by atoms with van der Waals surface area (Å²) in [6.07, 6.45) is 1.78. The lowest BCUT2D eigenvalue weighted by molar-refractivity contribution is 0.219. The molecule has 0 saturated heterocycles. The average molecular weight is 181 g/mol. The molecule has 0 aliphatic carbocycles. The highest BCUT2D eigenvalue weighted by atomic mass is 31.2. The van der Waals surface area contributed by atoms with Gasteiger partial charge in [-0.25, -0.2) is 9.24 Å². The van der Waals surface area contributed by atoms with Gasteiger partial charge in [-0.3, -0.25) is 4.52 Å². The first-order chi connectivity index (χ1) is 5.00. The first-order valence-electron chi connectivity index (χ1n) is 3.66. The van der Waals surface area contributed by atoms with Crippen LogP contribution in [0.15, 0.2) is 0 Å². The normalized spacial score (nSPS) is 16.8. The second kappa shape index (κ2) is 4.88. The zero-order chi connectivity index (χ0) is 8.91. The molecule has 0 saturated carbocycles. The Morgan fingerprint density at radius 1 is 1.55 bits per heavy atom. The lowest BCUT2D eigenvalue weighted by Crippen LogP contribution is -2.10. The summed E-state index contributed by atoms with van der Waals surface area (Å²) < 4.78 is 17.0. The highest BCUT2D eigenvalue weighted by molar-refractivity contribution is 7.50. The average Bonchev–Trinajstić information content (AvgIpc) is 1.88. The van der Waals surface area contributed by atoms with Gasteiger partial charge in [0.25, 0.3) is 0 Å². The summed E-state index contributed by atoms with van der Waals surface area (Å²) in [6, 6.07) is 0. The van der Waals surface area contributed by atoms with Crippen molar-refractivity contribution in [3.8, 4) is 0 Å². The fourth-order valence-corrected chi connectivity index (χ4v) is 1.04. The van der Waals surface area contributed by atoms with E-state index in [0.717, 1.165) is 12.8 Å². The molecule has 0 aromatic heterocycles. The molecular weight excluding hydrogens is 165 g/mol. The Kier molecular flexibility index (Phi) is 4.93. The molecule has 1 atom stereocenters. The van der Waals surface area contributed by atoms with Crippen LogP contribution in [0.2, 0.25) is 0 Å². The van der Waals surface area contributed by atoms with Crippen molar-refractivity contribution in [3.63, 3.8) is 0 Å². The Balaban J connectivity index is 3.65. The van der Waals surface area contributed by atoms with E-state index in [-0.39, 0.29) is 0 Å². The van der Waals surface area contributed by atoms with Crippen LogP contribution in [0.5, 0.6) is 0 Å². The number of hydrogen-bond acceptors (Lipinski definition) is 2. The van der Waals surface area contributed by atoms with Crippen LogP contribution in [-0.4, -0.2) is 30.3 Å². The Bertz CT molecular complexity index is 149. The monoisotopic (exact) mass is 181 g/mol. The summed E-state index contributed by atoms with van der Waals surface area (Å²) >= 11 is 0. The van der Waals surface area contributed by atoms with Crippen LogP contribution >= 0.6 is 7.75 Å². The molecular formula is C6H16NO3P. The van der Waals surface area contributed by atoms with Crippen LogP contribution in [-0.2, 0) is 9.09 Å². The van der Waals surface area contributed by atoms with Crippen LogP contribution < -0.4 is 0 Å². The van der Waals surface area contributed by atoms with E-state index in [0.29, 0.717) is 6.61 Å². The highest BCUT2D eigenvalue weighted by Crippen LogP contribution is 2.43. The van der Waals surface area contributed by atoms with E-state index in [1.165, 1.54) is 18.8 Å². The van der Waals surface area contributed by atoms with Crippen molar-refractivity contribution in [2.24, 2.45) is 0 Å². The molecule has 1 N–H and O–H groups in total. The summed E-state index contributed by atoms with van der Waals surface area (Å²) in [5, 5.41) is 0. The quantitative estimate of drug-likeness (QED) is 0.515. The van der Waals surface area contributed by atoms with Gasteiger partial charge in [-0.1, -0.05) is 13.3 Å². The molecule has 0 fully saturated rings. The molecule has 1 unspecified atom stereocenters. The van der Waals surface area contributed by atoms with Gasteiger partial charge >= 0.3 is 7.75 Å². The lowest BCUT2D eigenvalue weighted by Gasteiger charge is -2.17. The van der Waals surface area contributed by atoms with Crippen LogP contribution in [0.4, 0.5) is 0 Å². The van der Waals surface area contributed by atoms with Crippen molar-refractivity contribution in [2.45, 2.75) is 19.8 Å². The summed E-state index contributed by atoms with van der Waals surface area (Å²) in [4.78, 5) is 9.08. The van der Waals surface area contributed by atoms with Gasteiger partial charge in [-0.15, -0.1) is 0 Å². The fourth-order valence-electron chi connectivity index (χ4n) is 0.443. The first-order valence-corrected chi connectivity index (χ1v) is 5.19. The molecule has 5 heteroatoms. The first kappa shape index (κ1) is 11.1. The maximum atomic E-state index is 11.0. The van der Waals surface area contributed by atoms with Gasteiger partial charge < -0.3 is 4.89 Å². The van der Waals surface area contributed by atoms with E-state index in [9.17, 15) is 4.57 Å². The van der Waals surface area contributed by atoms with E-state index in [2.05, 4.69) is 0 Å². The van der Waals surface area contributed by atoms with Gasteiger partial charge in [-0.2, -0.15) is 0 Å². The van der Waals surface area contributed by atoms with E-state index in [1.54, 1.807) is 0 Å². The van der Waals surface area contributed by atoms with Gasteiger partial charge in [0.2, 0.25) is 0 Å². The van der Waals surface area contributed by atoms with Gasteiger partial charge in [0, 0.05) is 0 Å². The van der Waals surface area contributed by atoms with E-state index in [4.69, 9.17) is 9.42 Å². The van der Waals surface area contributed by atoms with Crippen LogP contribution in [0.25, 0.3) is 0 Å². The molecule has 68 valence electrons. The van der Waals surface area contributed by atoms with Crippen molar-refractivity contribution in [1.82, 2.24) is 4.67 Å². The third kappa shape index (κ3) is 4.53. The van der Waals surface area contributed by atoms with Crippen molar-refractivity contribution in [1.29, 1.82) is 0 Å². The van der Waals surface area contributed by atoms with Gasteiger partial charge in [0.15, 0.2) is 0 Å². The summed E-state index contributed by atoms with van der Waals surface area (Å²) in [5.74, 6) is 0. The standard InChI is InChI=1S/C6H16NO3P/c1-4-5-6-10-11(8,9)7(2)3/h4-6H2,1-3H3,(H,8,9). The van der Waals surface area contributed by atoms with Crippen molar-refractivity contribution in [3.05, 3.63) is 0 Å². The van der Waals surface area contributed by atoms with Crippen molar-refractivity contribution >= 4 is 7.75 Å². The molecule has 4 nitrogen and oxygen atoms in total. The molecule has 0 spiro atoms. The minimum absolute atomic E-state index is 0.350. The van der Waals surface area contributed by atoms with E-state index >= 15 is 0 Å². The smallest absolute Gasteiger partial charge is 0.312 e. The minimum Gasteiger partial charge on any atom is -0.312 e. The summed E-state index contributed by atoms with van der Waals surface area (Å²) in [5.41, 5.74) is 0. The molecule has 0 aliphatic heterocycles. The van der Waals surface area contributed by atoms with Crippen molar-refractivity contribution in [2.75, 3.05) is 20.7 Å². The van der Waals surface area contributed by atoms with Gasteiger partial charge in [0.1, 0.15) is 0 Å². The predicted molar refractivity (Wildman–Crippen MR) is 44.4 cm³/mol. The van der Waals surface area contributed by atoms with Crippen LogP contribution in [0.1, 0.15) is 19.8 Å². The zero-order valence-corrected chi connectivity index (χ0v) is 8.17. The molecule has 0 aromatic carbocycles. The summed E-state index contributed by atoms with van der Waals surface area (Å²) in [7, 11) is -0.420. The molecule has 0 rings (SSSR count).